The average Bonchev–Trinajstić information content (AvgIpc) is 2.52. The number of nitrogens with one attached hydrogen (secondary N) is 2. The number of nitrogen functional groups attached to an aromatic ring is 1. The lowest BCUT2D eigenvalue weighted by atomic mass is 10.1. The lowest BCUT2D eigenvalue weighted by molar-refractivity contribution is 0.0938. The quantitative estimate of drug-likeness (QED) is 0.566. The van der Waals surface area contributed by atoms with Crippen molar-refractivity contribution in [2.24, 2.45) is 0 Å². The zero-order valence-electron chi connectivity index (χ0n) is 13.8. The highest BCUT2D eigenvalue weighted by Gasteiger charge is 2.12. The van der Waals surface area contributed by atoms with E-state index in [1.165, 1.54) is 0 Å². The molecule has 2 rings (SSSR count). The first-order valence-electron chi connectivity index (χ1n) is 7.52. The Morgan fingerprint density at radius 2 is 1.91 bits per heavy atom. The Hall–Kier alpha value is -2.53. The third kappa shape index (κ3) is 4.47. The normalized spacial score (nSPS) is 10.4. The molecule has 0 spiro atoms. The summed E-state index contributed by atoms with van der Waals surface area (Å²) in [6, 6.07) is 11.4. The van der Waals surface area contributed by atoms with Crippen LogP contribution in [0.15, 0.2) is 36.4 Å². The van der Waals surface area contributed by atoms with Crippen molar-refractivity contribution in [2.45, 2.75) is 13.8 Å². The highest BCUT2D eigenvalue weighted by molar-refractivity contribution is 6.01. The third-order valence-electron chi connectivity index (χ3n) is 3.54. The molecule has 0 unspecified atom stereocenters. The minimum absolute atomic E-state index is 0.179. The number of carbonyl (C=O) groups excluding carboxylic acids is 1. The molecule has 5 nitrogen and oxygen atoms in total. The van der Waals surface area contributed by atoms with Crippen molar-refractivity contribution in [3.05, 3.63) is 53.1 Å². The first-order chi connectivity index (χ1) is 11.0. The monoisotopic (exact) mass is 313 g/mol. The minimum atomic E-state index is -0.179. The number of rotatable bonds is 6. The molecule has 5 heteroatoms. The van der Waals surface area contributed by atoms with Gasteiger partial charge in [0.25, 0.3) is 5.91 Å². The Morgan fingerprint density at radius 1 is 1.13 bits per heavy atom. The number of ether oxygens (including phenoxy) is 1. The van der Waals surface area contributed by atoms with Gasteiger partial charge in [-0.05, 0) is 49.2 Å². The molecule has 0 aliphatic carbocycles. The summed E-state index contributed by atoms with van der Waals surface area (Å²) in [5, 5.41) is 6.15. The number of anilines is 3. The van der Waals surface area contributed by atoms with Gasteiger partial charge in [0.05, 0.1) is 17.9 Å². The largest absolute Gasteiger partial charge is 0.399 e. The number of nitrogens with two attached hydrogens (primary N) is 1. The van der Waals surface area contributed by atoms with Crippen LogP contribution < -0.4 is 16.4 Å². The lowest BCUT2D eigenvalue weighted by Crippen LogP contribution is -2.27. The molecule has 0 radical (unpaired) electrons. The summed E-state index contributed by atoms with van der Waals surface area (Å²) >= 11 is 0. The first kappa shape index (κ1) is 16.8. The van der Waals surface area contributed by atoms with Crippen LogP contribution in [0.4, 0.5) is 17.1 Å². The van der Waals surface area contributed by atoms with Crippen LogP contribution in [0.5, 0.6) is 0 Å². The molecule has 0 aliphatic rings. The number of carbonyl (C=O) groups is 1. The topological polar surface area (TPSA) is 76.4 Å². The highest BCUT2D eigenvalue weighted by Crippen LogP contribution is 2.26. The van der Waals surface area contributed by atoms with Gasteiger partial charge in [-0.15, -0.1) is 0 Å². The van der Waals surface area contributed by atoms with Crippen molar-refractivity contribution in [1.82, 2.24) is 5.32 Å². The summed E-state index contributed by atoms with van der Waals surface area (Å²) in [7, 11) is 1.60. The van der Waals surface area contributed by atoms with E-state index in [2.05, 4.69) is 22.8 Å². The summed E-state index contributed by atoms with van der Waals surface area (Å²) in [5.41, 5.74) is 10.9. The standard InChI is InChI=1S/C18H23N3O2/c1-12-4-5-13(2)17(10-12)21-16-7-6-14(19)11-15(16)18(22)20-8-9-23-3/h4-7,10-11,21H,8-9,19H2,1-3H3,(H,20,22). The van der Waals surface area contributed by atoms with Gasteiger partial charge in [-0.1, -0.05) is 12.1 Å². The van der Waals surface area contributed by atoms with Gasteiger partial charge in [0.15, 0.2) is 0 Å². The second kappa shape index (κ2) is 7.65. The number of aryl methyl sites for hydroxylation is 2. The van der Waals surface area contributed by atoms with Crippen LogP contribution in [0.25, 0.3) is 0 Å². The van der Waals surface area contributed by atoms with Crippen molar-refractivity contribution in [1.29, 1.82) is 0 Å². The molecule has 0 atom stereocenters. The molecule has 2 aromatic rings. The molecule has 1 amide bonds. The van der Waals surface area contributed by atoms with E-state index in [1.807, 2.05) is 26.0 Å². The summed E-state index contributed by atoms with van der Waals surface area (Å²) in [6.45, 7) is 4.98. The fourth-order valence-corrected chi connectivity index (χ4v) is 2.24. The zero-order chi connectivity index (χ0) is 16.8. The first-order valence-corrected chi connectivity index (χ1v) is 7.52. The minimum Gasteiger partial charge on any atom is -0.399 e. The Labute approximate surface area is 136 Å². The van der Waals surface area contributed by atoms with Gasteiger partial charge in [0.1, 0.15) is 0 Å². The highest BCUT2D eigenvalue weighted by atomic mass is 16.5. The van der Waals surface area contributed by atoms with E-state index in [1.54, 1.807) is 19.2 Å². The van der Waals surface area contributed by atoms with E-state index in [0.717, 1.165) is 22.5 Å². The van der Waals surface area contributed by atoms with Gasteiger partial charge in [0, 0.05) is 25.0 Å². The number of benzene rings is 2. The third-order valence-corrected chi connectivity index (χ3v) is 3.54. The Morgan fingerprint density at radius 3 is 2.65 bits per heavy atom. The summed E-state index contributed by atoms with van der Waals surface area (Å²) < 4.78 is 4.95. The molecule has 122 valence electrons. The van der Waals surface area contributed by atoms with Crippen molar-refractivity contribution < 1.29 is 9.53 Å². The SMILES string of the molecule is COCCNC(=O)c1cc(N)ccc1Nc1cc(C)ccc1C. The van der Waals surface area contributed by atoms with Gasteiger partial charge in [-0.2, -0.15) is 0 Å². The van der Waals surface area contributed by atoms with E-state index < -0.39 is 0 Å². The smallest absolute Gasteiger partial charge is 0.253 e. The number of hydrogen-bond donors (Lipinski definition) is 3. The van der Waals surface area contributed by atoms with Gasteiger partial charge in [0.2, 0.25) is 0 Å². The molecule has 0 bridgehead atoms. The van der Waals surface area contributed by atoms with Crippen LogP contribution in [0.1, 0.15) is 21.5 Å². The van der Waals surface area contributed by atoms with E-state index in [9.17, 15) is 4.79 Å². The van der Waals surface area contributed by atoms with Crippen molar-refractivity contribution in [3.63, 3.8) is 0 Å². The molecule has 2 aromatic carbocycles. The van der Waals surface area contributed by atoms with Crippen LogP contribution in [-0.2, 0) is 4.74 Å². The molecule has 0 fully saturated rings. The molecule has 4 N–H and O–H groups in total. The molecule has 0 aliphatic heterocycles. The molecule has 0 saturated carbocycles. The van der Waals surface area contributed by atoms with E-state index >= 15 is 0 Å². The van der Waals surface area contributed by atoms with Gasteiger partial charge in [-0.3, -0.25) is 4.79 Å². The molecule has 0 saturated heterocycles. The second-order valence-corrected chi connectivity index (χ2v) is 5.50. The molecule has 0 aromatic heterocycles. The molecule has 0 heterocycles. The van der Waals surface area contributed by atoms with Crippen LogP contribution in [0.2, 0.25) is 0 Å². The van der Waals surface area contributed by atoms with Crippen molar-refractivity contribution in [3.8, 4) is 0 Å². The average molecular weight is 313 g/mol. The van der Waals surface area contributed by atoms with Crippen LogP contribution in [0, 0.1) is 13.8 Å². The van der Waals surface area contributed by atoms with Crippen molar-refractivity contribution in [2.75, 3.05) is 31.3 Å². The molecular formula is C18H23N3O2. The van der Waals surface area contributed by atoms with Crippen molar-refractivity contribution >= 4 is 23.0 Å². The fraction of sp³-hybridized carbons (Fsp3) is 0.278. The predicted molar refractivity (Wildman–Crippen MR) is 94.3 cm³/mol. The van der Waals surface area contributed by atoms with Gasteiger partial charge in [-0.25, -0.2) is 0 Å². The lowest BCUT2D eigenvalue weighted by Gasteiger charge is -2.15. The van der Waals surface area contributed by atoms with Gasteiger partial charge >= 0.3 is 0 Å². The van der Waals surface area contributed by atoms with Crippen LogP contribution in [0.3, 0.4) is 0 Å². The zero-order valence-corrected chi connectivity index (χ0v) is 13.8. The van der Waals surface area contributed by atoms with Crippen LogP contribution in [-0.4, -0.2) is 26.2 Å². The fourth-order valence-electron chi connectivity index (χ4n) is 2.24. The maximum absolute atomic E-state index is 12.4. The Balaban J connectivity index is 2.28. The number of methoxy groups -OCH3 is 1. The predicted octanol–water partition coefficient (Wildman–Crippen LogP) is 3.01. The van der Waals surface area contributed by atoms with E-state index in [0.29, 0.717) is 24.4 Å². The summed E-state index contributed by atoms with van der Waals surface area (Å²) in [5.74, 6) is -0.179. The van der Waals surface area contributed by atoms with Gasteiger partial charge < -0.3 is 21.1 Å². The number of hydrogen-bond acceptors (Lipinski definition) is 4. The van der Waals surface area contributed by atoms with E-state index in [4.69, 9.17) is 10.5 Å². The summed E-state index contributed by atoms with van der Waals surface area (Å²) in [4.78, 5) is 12.4. The summed E-state index contributed by atoms with van der Waals surface area (Å²) in [6.07, 6.45) is 0. The second-order valence-electron chi connectivity index (χ2n) is 5.50. The Bertz CT molecular complexity index is 699. The Kier molecular flexibility index (Phi) is 5.60. The molecule has 23 heavy (non-hydrogen) atoms. The maximum atomic E-state index is 12.4. The maximum Gasteiger partial charge on any atom is 0.253 e. The van der Waals surface area contributed by atoms with Crippen LogP contribution >= 0.6 is 0 Å². The molecular weight excluding hydrogens is 290 g/mol. The number of amides is 1. The van der Waals surface area contributed by atoms with E-state index in [-0.39, 0.29) is 5.91 Å².